The standard InChI is InChI=1S/C18H18N2O/c21-18(20-13-11-15-7-2-4-10-17(15)20)19-12-5-8-14-6-1-3-9-16(14)19/h1-4,6-7,9-10H,5,8,11-13H2. The molecule has 0 unspecified atom stereocenters. The van der Waals surface area contributed by atoms with Crippen LogP contribution in [0.3, 0.4) is 0 Å². The Labute approximate surface area is 124 Å². The summed E-state index contributed by atoms with van der Waals surface area (Å²) in [6.07, 6.45) is 3.06. The van der Waals surface area contributed by atoms with Gasteiger partial charge in [0.1, 0.15) is 0 Å². The van der Waals surface area contributed by atoms with Crippen molar-refractivity contribution in [3.63, 3.8) is 0 Å². The van der Waals surface area contributed by atoms with Gasteiger partial charge in [-0.25, -0.2) is 4.79 Å². The number of carbonyl (C=O) groups excluding carboxylic acids is 1. The molecule has 0 spiro atoms. The highest BCUT2D eigenvalue weighted by Crippen LogP contribution is 2.32. The second-order valence-electron chi connectivity index (χ2n) is 5.70. The zero-order valence-corrected chi connectivity index (χ0v) is 12.0. The highest BCUT2D eigenvalue weighted by atomic mass is 16.2. The summed E-state index contributed by atoms with van der Waals surface area (Å²) >= 11 is 0. The molecule has 0 bridgehead atoms. The van der Waals surface area contributed by atoms with Crippen molar-refractivity contribution in [2.24, 2.45) is 0 Å². The molecule has 0 saturated carbocycles. The summed E-state index contributed by atoms with van der Waals surface area (Å²) in [6, 6.07) is 16.6. The normalized spacial score (nSPS) is 16.6. The highest BCUT2D eigenvalue weighted by molar-refractivity contribution is 6.05. The molecule has 2 heterocycles. The van der Waals surface area contributed by atoms with Crippen molar-refractivity contribution >= 4 is 17.4 Å². The van der Waals surface area contributed by atoms with Crippen molar-refractivity contribution in [2.45, 2.75) is 19.3 Å². The molecule has 3 heteroatoms. The number of carbonyl (C=O) groups is 1. The fourth-order valence-electron chi connectivity index (χ4n) is 3.41. The van der Waals surface area contributed by atoms with E-state index >= 15 is 0 Å². The summed E-state index contributed by atoms with van der Waals surface area (Å²) in [7, 11) is 0. The zero-order chi connectivity index (χ0) is 14.2. The number of rotatable bonds is 0. The van der Waals surface area contributed by atoms with Gasteiger partial charge in [0.25, 0.3) is 0 Å². The molecule has 4 rings (SSSR count). The summed E-state index contributed by atoms with van der Waals surface area (Å²) in [6.45, 7) is 1.60. The molecule has 106 valence electrons. The Morgan fingerprint density at radius 2 is 1.33 bits per heavy atom. The van der Waals surface area contributed by atoms with Crippen LogP contribution >= 0.6 is 0 Å². The van der Waals surface area contributed by atoms with Gasteiger partial charge in [0.15, 0.2) is 0 Å². The van der Waals surface area contributed by atoms with E-state index in [9.17, 15) is 4.79 Å². The van der Waals surface area contributed by atoms with E-state index in [0.717, 1.165) is 43.7 Å². The van der Waals surface area contributed by atoms with E-state index in [1.165, 1.54) is 11.1 Å². The number of benzene rings is 2. The van der Waals surface area contributed by atoms with Crippen LogP contribution < -0.4 is 9.80 Å². The van der Waals surface area contributed by atoms with Crippen LogP contribution in [-0.2, 0) is 12.8 Å². The number of urea groups is 1. The SMILES string of the molecule is O=C(N1CCCc2ccccc21)N1CCc2ccccc21. The maximum Gasteiger partial charge on any atom is 0.328 e. The fourth-order valence-corrected chi connectivity index (χ4v) is 3.41. The summed E-state index contributed by atoms with van der Waals surface area (Å²) in [4.78, 5) is 16.9. The van der Waals surface area contributed by atoms with Crippen LogP contribution in [-0.4, -0.2) is 19.1 Å². The molecule has 0 aromatic heterocycles. The van der Waals surface area contributed by atoms with Crippen LogP contribution in [0.25, 0.3) is 0 Å². The van der Waals surface area contributed by atoms with Gasteiger partial charge >= 0.3 is 6.03 Å². The molecule has 0 saturated heterocycles. The minimum atomic E-state index is 0.118. The summed E-state index contributed by atoms with van der Waals surface area (Å²) in [5.41, 5.74) is 4.71. The molecule has 2 amide bonds. The molecule has 2 aromatic carbocycles. The number of anilines is 2. The van der Waals surface area contributed by atoms with Crippen molar-refractivity contribution in [2.75, 3.05) is 22.9 Å². The Morgan fingerprint density at radius 1 is 0.762 bits per heavy atom. The smallest absolute Gasteiger partial charge is 0.294 e. The van der Waals surface area contributed by atoms with Crippen LogP contribution in [0.2, 0.25) is 0 Å². The molecular weight excluding hydrogens is 260 g/mol. The van der Waals surface area contributed by atoms with E-state index in [1.807, 2.05) is 28.0 Å². The van der Waals surface area contributed by atoms with Crippen LogP contribution in [0.4, 0.5) is 16.2 Å². The van der Waals surface area contributed by atoms with Crippen molar-refractivity contribution in [1.29, 1.82) is 0 Å². The molecule has 0 fully saturated rings. The third-order valence-corrected chi connectivity index (χ3v) is 4.46. The molecule has 2 aliphatic heterocycles. The van der Waals surface area contributed by atoms with E-state index < -0.39 is 0 Å². The maximum atomic E-state index is 13.0. The molecule has 0 aliphatic carbocycles. The minimum absolute atomic E-state index is 0.118. The molecule has 2 aliphatic rings. The molecule has 0 atom stereocenters. The van der Waals surface area contributed by atoms with Gasteiger partial charge in [-0.3, -0.25) is 9.80 Å². The lowest BCUT2D eigenvalue weighted by atomic mass is 10.0. The topological polar surface area (TPSA) is 23.6 Å². The number of hydrogen-bond donors (Lipinski definition) is 0. The summed E-state index contributed by atoms with van der Waals surface area (Å²) in [5.74, 6) is 0. The van der Waals surface area contributed by atoms with Gasteiger partial charge in [0.05, 0.1) is 0 Å². The van der Waals surface area contributed by atoms with Crippen LogP contribution in [0, 0.1) is 0 Å². The first-order valence-corrected chi connectivity index (χ1v) is 7.59. The Kier molecular flexibility index (Phi) is 2.92. The van der Waals surface area contributed by atoms with Crippen LogP contribution in [0.5, 0.6) is 0 Å². The van der Waals surface area contributed by atoms with Gasteiger partial charge in [-0.1, -0.05) is 36.4 Å². The van der Waals surface area contributed by atoms with E-state index in [1.54, 1.807) is 0 Å². The van der Waals surface area contributed by atoms with Crippen molar-refractivity contribution < 1.29 is 4.79 Å². The second-order valence-corrected chi connectivity index (χ2v) is 5.70. The van der Waals surface area contributed by atoms with Gasteiger partial charge in [-0.2, -0.15) is 0 Å². The third kappa shape index (κ3) is 2.00. The number of aryl methyl sites for hydroxylation is 1. The number of nitrogens with zero attached hydrogens (tertiary/aromatic N) is 2. The average molecular weight is 278 g/mol. The first kappa shape index (κ1) is 12.5. The quantitative estimate of drug-likeness (QED) is 0.722. The van der Waals surface area contributed by atoms with Crippen LogP contribution in [0.15, 0.2) is 48.5 Å². The lowest BCUT2D eigenvalue weighted by Gasteiger charge is -2.33. The van der Waals surface area contributed by atoms with Crippen molar-refractivity contribution in [1.82, 2.24) is 0 Å². The number of fused-ring (bicyclic) bond motifs is 2. The molecule has 21 heavy (non-hydrogen) atoms. The van der Waals surface area contributed by atoms with E-state index in [-0.39, 0.29) is 6.03 Å². The van der Waals surface area contributed by atoms with Gasteiger partial charge < -0.3 is 0 Å². The molecule has 0 N–H and O–H groups in total. The molecule has 2 aromatic rings. The van der Waals surface area contributed by atoms with Gasteiger partial charge in [0.2, 0.25) is 0 Å². The molecule has 0 radical (unpaired) electrons. The second kappa shape index (κ2) is 4.92. The molecular formula is C18H18N2O. The Bertz CT molecular complexity index is 695. The molecule has 3 nitrogen and oxygen atoms in total. The largest absolute Gasteiger partial charge is 0.328 e. The first-order chi connectivity index (χ1) is 10.3. The van der Waals surface area contributed by atoms with E-state index in [4.69, 9.17) is 0 Å². The van der Waals surface area contributed by atoms with Crippen molar-refractivity contribution in [3.05, 3.63) is 59.7 Å². The summed E-state index contributed by atoms with van der Waals surface area (Å²) in [5, 5.41) is 0. The highest BCUT2D eigenvalue weighted by Gasteiger charge is 2.30. The van der Waals surface area contributed by atoms with Crippen molar-refractivity contribution in [3.8, 4) is 0 Å². The van der Waals surface area contributed by atoms with Gasteiger partial charge in [-0.15, -0.1) is 0 Å². The predicted molar refractivity (Wildman–Crippen MR) is 85.0 cm³/mol. The zero-order valence-electron chi connectivity index (χ0n) is 12.0. The van der Waals surface area contributed by atoms with Crippen LogP contribution in [0.1, 0.15) is 17.5 Å². The number of amides is 2. The van der Waals surface area contributed by atoms with Gasteiger partial charge in [-0.05, 0) is 42.5 Å². The third-order valence-electron chi connectivity index (χ3n) is 4.46. The van der Waals surface area contributed by atoms with Gasteiger partial charge in [0, 0.05) is 24.5 Å². The fraction of sp³-hybridized carbons (Fsp3) is 0.278. The Balaban J connectivity index is 1.68. The van der Waals surface area contributed by atoms with E-state index in [2.05, 4.69) is 30.3 Å². The monoisotopic (exact) mass is 278 g/mol. The average Bonchev–Trinajstić information content (AvgIpc) is 2.98. The predicted octanol–water partition coefficient (Wildman–Crippen LogP) is 3.62. The minimum Gasteiger partial charge on any atom is -0.294 e. The number of para-hydroxylation sites is 2. The first-order valence-electron chi connectivity index (χ1n) is 7.59. The Hall–Kier alpha value is -2.29. The summed E-state index contributed by atoms with van der Waals surface area (Å²) < 4.78 is 0. The van der Waals surface area contributed by atoms with E-state index in [0.29, 0.717) is 0 Å². The lowest BCUT2D eigenvalue weighted by molar-refractivity contribution is 0.251. The number of hydrogen-bond acceptors (Lipinski definition) is 1. The Morgan fingerprint density at radius 3 is 2.05 bits per heavy atom. The maximum absolute atomic E-state index is 13.0. The lowest BCUT2D eigenvalue weighted by Crippen LogP contribution is -2.45.